The Hall–Kier alpha value is -4.52. The second kappa shape index (κ2) is 8.46. The molecule has 7 heteroatoms. The molecule has 31 heavy (non-hydrogen) atoms. The standard InChI is InChI=1S/C24H20N4O3/c1-16-21(24(31)28(27-16)18-12-6-3-7-13-18)22(17-10-4-2-5-11-17)25-26-23(30)19-14-8-9-15-20(19)29/h2-15,25,27,29H,1H2,(H,26,30)/b22-21+. The second-order valence-electron chi connectivity index (χ2n) is 6.78. The van der Waals surface area contributed by atoms with Gasteiger partial charge in [-0.2, -0.15) is 0 Å². The van der Waals surface area contributed by atoms with Gasteiger partial charge in [-0.15, -0.1) is 0 Å². The van der Waals surface area contributed by atoms with E-state index in [-0.39, 0.29) is 22.1 Å². The van der Waals surface area contributed by atoms with Crippen molar-refractivity contribution in [2.75, 3.05) is 0 Å². The number of aromatic amines is 1. The normalized spacial score (nSPS) is 11.6. The Labute approximate surface area is 177 Å². The van der Waals surface area contributed by atoms with Gasteiger partial charge in [-0.3, -0.25) is 25.5 Å². The van der Waals surface area contributed by atoms with Gasteiger partial charge in [0.1, 0.15) is 5.75 Å². The van der Waals surface area contributed by atoms with Crippen LogP contribution in [0.1, 0.15) is 15.9 Å². The quantitative estimate of drug-likeness (QED) is 0.372. The molecular formula is C24H20N4O3. The van der Waals surface area contributed by atoms with Gasteiger partial charge in [0.2, 0.25) is 0 Å². The number of benzene rings is 3. The number of hydrazine groups is 1. The lowest BCUT2D eigenvalue weighted by Gasteiger charge is -2.12. The van der Waals surface area contributed by atoms with Gasteiger partial charge in [-0.1, -0.05) is 67.2 Å². The number of rotatable bonds is 5. The highest BCUT2D eigenvalue weighted by Gasteiger charge is 2.14. The number of nitrogens with zero attached hydrogens (tertiary/aromatic N) is 1. The van der Waals surface area contributed by atoms with Crippen molar-refractivity contribution in [1.29, 1.82) is 0 Å². The lowest BCUT2D eigenvalue weighted by molar-refractivity contribution is 0.0939. The van der Waals surface area contributed by atoms with Crippen molar-refractivity contribution in [2.24, 2.45) is 0 Å². The first kappa shape index (κ1) is 19.8. The molecular weight excluding hydrogens is 392 g/mol. The fraction of sp³-hybridized carbons (Fsp3) is 0. The number of H-pyrrole nitrogens is 1. The molecule has 0 saturated carbocycles. The van der Waals surface area contributed by atoms with Crippen LogP contribution in [-0.2, 0) is 0 Å². The van der Waals surface area contributed by atoms with Crippen LogP contribution in [0, 0.1) is 0 Å². The van der Waals surface area contributed by atoms with E-state index in [1.165, 1.54) is 16.8 Å². The van der Waals surface area contributed by atoms with E-state index in [0.29, 0.717) is 22.3 Å². The molecule has 1 heterocycles. The molecule has 7 nitrogen and oxygen atoms in total. The van der Waals surface area contributed by atoms with E-state index in [1.54, 1.807) is 24.3 Å². The fourth-order valence-electron chi connectivity index (χ4n) is 3.24. The van der Waals surface area contributed by atoms with Crippen molar-refractivity contribution in [3.63, 3.8) is 0 Å². The number of hydrogen-bond donors (Lipinski definition) is 4. The Balaban J connectivity index is 1.82. The van der Waals surface area contributed by atoms with Gasteiger partial charge in [0.25, 0.3) is 11.5 Å². The van der Waals surface area contributed by atoms with Crippen LogP contribution in [0.25, 0.3) is 18.0 Å². The Morgan fingerprint density at radius 1 is 0.871 bits per heavy atom. The molecule has 0 saturated heterocycles. The molecule has 0 atom stereocenters. The molecule has 4 N–H and O–H groups in total. The summed E-state index contributed by atoms with van der Waals surface area (Å²) in [7, 11) is 0. The van der Waals surface area contributed by atoms with E-state index in [4.69, 9.17) is 0 Å². The highest BCUT2D eigenvalue weighted by Crippen LogP contribution is 2.15. The van der Waals surface area contributed by atoms with Crippen molar-refractivity contribution < 1.29 is 9.90 Å². The van der Waals surface area contributed by atoms with Gasteiger partial charge in [0.15, 0.2) is 0 Å². The molecule has 0 unspecified atom stereocenters. The zero-order chi connectivity index (χ0) is 21.8. The topological polar surface area (TPSA) is 99.2 Å². The number of phenols is 1. The molecule has 0 bridgehead atoms. The van der Waals surface area contributed by atoms with Crippen LogP contribution in [-0.4, -0.2) is 20.8 Å². The van der Waals surface area contributed by atoms with E-state index in [0.717, 1.165) is 0 Å². The third kappa shape index (κ3) is 3.97. The summed E-state index contributed by atoms with van der Waals surface area (Å²) in [5.41, 5.74) is 6.93. The molecule has 0 aliphatic carbocycles. The summed E-state index contributed by atoms with van der Waals surface area (Å²) in [5.74, 6) is -0.690. The number of amides is 1. The van der Waals surface area contributed by atoms with Crippen LogP contribution < -0.4 is 27.0 Å². The van der Waals surface area contributed by atoms with Crippen LogP contribution in [0.3, 0.4) is 0 Å². The highest BCUT2D eigenvalue weighted by molar-refractivity contribution is 5.96. The smallest absolute Gasteiger partial charge is 0.281 e. The maximum absolute atomic E-state index is 13.3. The van der Waals surface area contributed by atoms with E-state index in [1.807, 2.05) is 48.5 Å². The van der Waals surface area contributed by atoms with E-state index >= 15 is 0 Å². The lowest BCUT2D eigenvalue weighted by Crippen LogP contribution is -2.45. The summed E-state index contributed by atoms with van der Waals surface area (Å²) < 4.78 is 1.40. The van der Waals surface area contributed by atoms with Gasteiger partial charge < -0.3 is 5.11 Å². The minimum absolute atomic E-state index is 0.105. The Morgan fingerprint density at radius 3 is 2.16 bits per heavy atom. The average Bonchev–Trinajstić information content (AvgIpc) is 3.09. The summed E-state index contributed by atoms with van der Waals surface area (Å²) in [6, 6.07) is 24.5. The summed E-state index contributed by atoms with van der Waals surface area (Å²) >= 11 is 0. The molecule has 1 amide bonds. The summed E-state index contributed by atoms with van der Waals surface area (Å²) in [4.78, 5) is 25.8. The minimum atomic E-state index is -0.545. The molecule has 4 rings (SSSR count). The maximum atomic E-state index is 13.3. The first-order valence-corrected chi connectivity index (χ1v) is 9.55. The molecule has 3 aromatic carbocycles. The van der Waals surface area contributed by atoms with Crippen LogP contribution in [0.2, 0.25) is 0 Å². The van der Waals surface area contributed by atoms with Crippen LogP contribution in [0.5, 0.6) is 5.75 Å². The molecule has 0 radical (unpaired) electrons. The molecule has 154 valence electrons. The number of carbonyl (C=O) groups excluding carboxylic acids is 1. The Kier molecular flexibility index (Phi) is 5.40. The zero-order valence-corrected chi connectivity index (χ0v) is 16.5. The number of phenolic OH excluding ortho intramolecular Hbond substituents is 1. The average molecular weight is 412 g/mol. The van der Waals surface area contributed by atoms with Crippen molar-refractivity contribution in [2.45, 2.75) is 0 Å². The molecule has 1 aromatic heterocycles. The molecule has 0 aliphatic heterocycles. The summed E-state index contributed by atoms with van der Waals surface area (Å²) in [6.45, 7) is 3.98. The molecule has 0 aliphatic rings. The summed E-state index contributed by atoms with van der Waals surface area (Å²) in [6.07, 6.45) is 0. The van der Waals surface area contributed by atoms with Crippen LogP contribution in [0.15, 0.2) is 89.7 Å². The van der Waals surface area contributed by atoms with Gasteiger partial charge in [-0.25, -0.2) is 4.68 Å². The van der Waals surface area contributed by atoms with Crippen LogP contribution in [0.4, 0.5) is 0 Å². The van der Waals surface area contributed by atoms with E-state index < -0.39 is 5.91 Å². The van der Waals surface area contributed by atoms with E-state index in [9.17, 15) is 14.7 Å². The first-order valence-electron chi connectivity index (χ1n) is 9.55. The SMILES string of the molecule is C=c1[nH]n(-c2ccccc2)c(=O)/c1=C(/NNC(=O)c1ccccc1O)c1ccccc1. The molecule has 4 aromatic rings. The van der Waals surface area contributed by atoms with Gasteiger partial charge in [-0.05, 0) is 24.3 Å². The first-order chi connectivity index (χ1) is 15.1. The largest absolute Gasteiger partial charge is 0.507 e. The predicted molar refractivity (Wildman–Crippen MR) is 119 cm³/mol. The number of aromatic nitrogens is 2. The fourth-order valence-corrected chi connectivity index (χ4v) is 3.24. The summed E-state index contributed by atoms with van der Waals surface area (Å²) in [5, 5.41) is 13.6. The molecule has 0 spiro atoms. The van der Waals surface area contributed by atoms with Gasteiger partial charge >= 0.3 is 0 Å². The van der Waals surface area contributed by atoms with Crippen molar-refractivity contribution in [3.8, 4) is 11.4 Å². The third-order valence-corrected chi connectivity index (χ3v) is 4.74. The zero-order valence-electron chi connectivity index (χ0n) is 16.5. The van der Waals surface area contributed by atoms with Crippen LogP contribution >= 0.6 is 0 Å². The lowest BCUT2D eigenvalue weighted by atomic mass is 10.1. The van der Waals surface area contributed by atoms with E-state index in [2.05, 4.69) is 22.5 Å². The number of nitrogens with one attached hydrogen (secondary N) is 3. The van der Waals surface area contributed by atoms with Crippen molar-refractivity contribution in [3.05, 3.63) is 117 Å². The number of hydrogen-bond acceptors (Lipinski definition) is 4. The molecule has 0 fully saturated rings. The number of carbonyl (C=O) groups is 1. The second-order valence-corrected chi connectivity index (χ2v) is 6.78. The Morgan fingerprint density at radius 2 is 1.48 bits per heavy atom. The predicted octanol–water partition coefficient (Wildman–Crippen LogP) is 1.37. The number of para-hydroxylation sites is 2. The van der Waals surface area contributed by atoms with Gasteiger partial charge in [0.05, 0.1) is 27.5 Å². The van der Waals surface area contributed by atoms with Gasteiger partial charge in [0, 0.05) is 5.56 Å². The Bertz CT molecular complexity index is 1390. The third-order valence-electron chi connectivity index (χ3n) is 4.74. The van der Waals surface area contributed by atoms with Crippen molar-refractivity contribution >= 4 is 18.2 Å². The van der Waals surface area contributed by atoms with Crippen molar-refractivity contribution in [1.82, 2.24) is 20.6 Å². The monoisotopic (exact) mass is 412 g/mol. The highest BCUT2D eigenvalue weighted by atomic mass is 16.3. The maximum Gasteiger partial charge on any atom is 0.281 e. The minimum Gasteiger partial charge on any atom is -0.507 e. The number of aromatic hydroxyl groups is 1.